The van der Waals surface area contributed by atoms with Crippen molar-refractivity contribution in [2.75, 3.05) is 6.54 Å². The van der Waals surface area contributed by atoms with Crippen LogP contribution in [0.3, 0.4) is 0 Å². The van der Waals surface area contributed by atoms with Crippen LogP contribution in [-0.4, -0.2) is 34.7 Å². The van der Waals surface area contributed by atoms with Crippen LogP contribution in [0.2, 0.25) is 0 Å². The van der Waals surface area contributed by atoms with Crippen molar-refractivity contribution < 1.29 is 19.4 Å². The Kier molecular flexibility index (Phi) is 2.69. The molecule has 0 radical (unpaired) electrons. The van der Waals surface area contributed by atoms with Crippen LogP contribution < -0.4 is 0 Å². The predicted octanol–water partition coefficient (Wildman–Crippen LogP) is 1.87. The number of likely N-dealkylation sites (tertiary alicyclic amines) is 1. The van der Waals surface area contributed by atoms with Crippen LogP contribution in [0.4, 0.5) is 4.79 Å². The van der Waals surface area contributed by atoms with Gasteiger partial charge in [0.15, 0.2) is 0 Å². The summed E-state index contributed by atoms with van der Waals surface area (Å²) in [6.45, 7) is 0.702. The number of aliphatic carboxylic acids is 1. The fourth-order valence-corrected chi connectivity index (χ4v) is 2.80. The summed E-state index contributed by atoms with van der Waals surface area (Å²) in [6, 6.07) is 9.27. The summed E-state index contributed by atoms with van der Waals surface area (Å²) in [5.74, 6) is -0.796. The quantitative estimate of drug-likeness (QED) is 0.902. The zero-order chi connectivity index (χ0) is 13.5. The Morgan fingerprint density at radius 2 is 2.11 bits per heavy atom. The van der Waals surface area contributed by atoms with E-state index in [4.69, 9.17) is 9.84 Å². The van der Waals surface area contributed by atoms with Crippen molar-refractivity contribution in [3.05, 3.63) is 35.9 Å². The molecule has 1 aliphatic carbocycles. The van der Waals surface area contributed by atoms with Gasteiger partial charge in [-0.15, -0.1) is 0 Å². The van der Waals surface area contributed by atoms with Gasteiger partial charge >= 0.3 is 12.1 Å². The summed E-state index contributed by atoms with van der Waals surface area (Å²) < 4.78 is 5.23. The van der Waals surface area contributed by atoms with E-state index in [0.29, 0.717) is 19.4 Å². The lowest BCUT2D eigenvalue weighted by Crippen LogP contribution is -2.31. The van der Waals surface area contributed by atoms with Gasteiger partial charge in [0, 0.05) is 6.54 Å². The molecule has 5 heteroatoms. The highest BCUT2D eigenvalue weighted by molar-refractivity contribution is 5.83. The lowest BCUT2D eigenvalue weighted by molar-refractivity contribution is -0.143. The van der Waals surface area contributed by atoms with Gasteiger partial charge in [0.05, 0.1) is 11.5 Å². The summed E-state index contributed by atoms with van der Waals surface area (Å²) in [7, 11) is 0. The molecule has 2 aliphatic rings. The molecule has 3 rings (SSSR count). The minimum atomic E-state index is -0.796. The third kappa shape index (κ3) is 1.95. The number of carbonyl (C=O) groups excluding carboxylic acids is 1. The summed E-state index contributed by atoms with van der Waals surface area (Å²) in [5, 5.41) is 9.14. The van der Waals surface area contributed by atoms with E-state index in [1.165, 1.54) is 0 Å². The van der Waals surface area contributed by atoms with Gasteiger partial charge in [-0.05, 0) is 18.4 Å². The first-order valence-corrected chi connectivity index (χ1v) is 6.34. The first-order chi connectivity index (χ1) is 9.13. The first kappa shape index (κ1) is 12.0. The molecule has 1 saturated carbocycles. The minimum absolute atomic E-state index is 0.173. The van der Waals surface area contributed by atoms with Crippen molar-refractivity contribution in [1.82, 2.24) is 4.90 Å². The van der Waals surface area contributed by atoms with E-state index in [1.807, 2.05) is 30.3 Å². The van der Waals surface area contributed by atoms with Gasteiger partial charge in [0.1, 0.15) is 6.61 Å². The molecule has 1 aliphatic heterocycles. The van der Waals surface area contributed by atoms with E-state index in [0.717, 1.165) is 5.56 Å². The molecular weight excluding hydrogens is 246 g/mol. The number of amides is 1. The molecule has 0 spiro atoms. The lowest BCUT2D eigenvalue weighted by Gasteiger charge is -2.17. The number of hydrogen-bond donors (Lipinski definition) is 1. The molecular formula is C14H15NO4. The number of fused-ring (bicyclic) bond motifs is 1. The Balaban J connectivity index is 1.57. The van der Waals surface area contributed by atoms with E-state index in [9.17, 15) is 9.59 Å². The molecule has 100 valence electrons. The average molecular weight is 261 g/mol. The Bertz CT molecular complexity index is 515. The summed E-state index contributed by atoms with van der Waals surface area (Å²) >= 11 is 0. The number of benzene rings is 1. The van der Waals surface area contributed by atoms with Crippen LogP contribution in [0, 0.1) is 5.41 Å². The van der Waals surface area contributed by atoms with Gasteiger partial charge in [-0.2, -0.15) is 0 Å². The van der Waals surface area contributed by atoms with E-state index < -0.39 is 17.5 Å². The monoisotopic (exact) mass is 261 g/mol. The molecule has 1 N–H and O–H groups in total. The van der Waals surface area contributed by atoms with Crippen LogP contribution in [-0.2, 0) is 16.1 Å². The van der Waals surface area contributed by atoms with Crippen molar-refractivity contribution in [3.8, 4) is 0 Å². The number of hydrogen-bond acceptors (Lipinski definition) is 3. The van der Waals surface area contributed by atoms with E-state index in [1.54, 1.807) is 4.90 Å². The summed E-state index contributed by atoms with van der Waals surface area (Å²) in [6.07, 6.45) is 0.686. The minimum Gasteiger partial charge on any atom is -0.481 e. The highest BCUT2D eigenvalue weighted by atomic mass is 16.6. The standard InChI is InChI=1S/C14H15NO4/c16-12(17)14-6-7-15(11(14)8-14)13(18)19-9-10-4-2-1-3-5-10/h1-5,11H,6-9H2,(H,16,17)/t11-,14-/m1/s1. The molecule has 1 saturated heterocycles. The molecule has 0 unspecified atom stereocenters. The molecule has 0 bridgehead atoms. The molecule has 1 heterocycles. The van der Waals surface area contributed by atoms with Crippen LogP contribution in [0.5, 0.6) is 0 Å². The fourth-order valence-electron chi connectivity index (χ4n) is 2.80. The van der Waals surface area contributed by atoms with Gasteiger partial charge in [-0.25, -0.2) is 4.79 Å². The number of carboxylic acids is 1. The van der Waals surface area contributed by atoms with Crippen LogP contribution in [0.1, 0.15) is 18.4 Å². The molecule has 19 heavy (non-hydrogen) atoms. The van der Waals surface area contributed by atoms with Gasteiger partial charge in [-0.1, -0.05) is 30.3 Å². The Labute approximate surface area is 110 Å². The molecule has 2 atom stereocenters. The smallest absolute Gasteiger partial charge is 0.410 e. The molecule has 1 amide bonds. The summed E-state index contributed by atoms with van der Waals surface area (Å²) in [5.41, 5.74) is 0.238. The second-order valence-electron chi connectivity index (χ2n) is 5.16. The van der Waals surface area contributed by atoms with Crippen LogP contribution in [0.15, 0.2) is 30.3 Å². The molecule has 1 aromatic carbocycles. The first-order valence-electron chi connectivity index (χ1n) is 6.34. The Hall–Kier alpha value is -2.04. The lowest BCUT2D eigenvalue weighted by atomic mass is 10.1. The molecule has 2 fully saturated rings. The van der Waals surface area contributed by atoms with Gasteiger partial charge < -0.3 is 14.7 Å². The normalized spacial score (nSPS) is 27.8. The maximum Gasteiger partial charge on any atom is 0.410 e. The van der Waals surface area contributed by atoms with Crippen molar-refractivity contribution in [1.29, 1.82) is 0 Å². The fraction of sp³-hybridized carbons (Fsp3) is 0.429. The Morgan fingerprint density at radius 1 is 1.37 bits per heavy atom. The SMILES string of the molecule is O=C(OCc1ccccc1)N1CC[C@@]2(C(=O)O)C[C@@H]12. The third-order valence-electron chi connectivity index (χ3n) is 4.08. The maximum atomic E-state index is 11.9. The number of piperidine rings is 1. The van der Waals surface area contributed by atoms with E-state index in [2.05, 4.69) is 0 Å². The van der Waals surface area contributed by atoms with Gasteiger partial charge in [0.25, 0.3) is 0 Å². The van der Waals surface area contributed by atoms with Gasteiger partial charge in [0.2, 0.25) is 0 Å². The highest BCUT2D eigenvalue weighted by Crippen LogP contribution is 2.57. The second-order valence-corrected chi connectivity index (χ2v) is 5.16. The molecule has 5 nitrogen and oxygen atoms in total. The number of nitrogens with zero attached hydrogens (tertiary/aromatic N) is 1. The largest absolute Gasteiger partial charge is 0.481 e. The van der Waals surface area contributed by atoms with Crippen molar-refractivity contribution in [2.24, 2.45) is 5.41 Å². The average Bonchev–Trinajstić information content (AvgIpc) is 3.04. The number of carboxylic acid groups (broad SMARTS) is 1. The molecule has 0 aromatic heterocycles. The van der Waals surface area contributed by atoms with Crippen LogP contribution >= 0.6 is 0 Å². The van der Waals surface area contributed by atoms with Crippen molar-refractivity contribution in [2.45, 2.75) is 25.5 Å². The number of ether oxygens (including phenoxy) is 1. The predicted molar refractivity (Wildman–Crippen MR) is 66.4 cm³/mol. The van der Waals surface area contributed by atoms with Gasteiger partial charge in [-0.3, -0.25) is 4.79 Å². The molecule has 1 aromatic rings. The number of carbonyl (C=O) groups is 2. The van der Waals surface area contributed by atoms with E-state index in [-0.39, 0.29) is 12.6 Å². The van der Waals surface area contributed by atoms with Crippen LogP contribution in [0.25, 0.3) is 0 Å². The zero-order valence-corrected chi connectivity index (χ0v) is 10.4. The topological polar surface area (TPSA) is 66.8 Å². The summed E-state index contributed by atoms with van der Waals surface area (Å²) in [4.78, 5) is 24.6. The second kappa shape index (κ2) is 4.26. The Morgan fingerprint density at radius 3 is 2.68 bits per heavy atom. The third-order valence-corrected chi connectivity index (χ3v) is 4.08. The maximum absolute atomic E-state index is 11.9. The zero-order valence-electron chi connectivity index (χ0n) is 10.4. The number of rotatable bonds is 3. The highest BCUT2D eigenvalue weighted by Gasteiger charge is 2.68. The van der Waals surface area contributed by atoms with E-state index >= 15 is 0 Å². The van der Waals surface area contributed by atoms with Crippen molar-refractivity contribution in [3.63, 3.8) is 0 Å². The van der Waals surface area contributed by atoms with Crippen molar-refractivity contribution >= 4 is 12.1 Å².